The van der Waals surface area contributed by atoms with Gasteiger partial charge in [0.2, 0.25) is 0 Å². The highest BCUT2D eigenvalue weighted by Gasteiger charge is 2.51. The third kappa shape index (κ3) is 3.29. The standard InChI is InChI=1S/C18H28BrNO/c1-6-8-20-15-11-16(18(15,5)7-2)21-14-9-12(3)17(19)13(4)10-14/h9-10,15-16,20H,6-8,11H2,1-5H3. The molecule has 1 N–H and O–H groups in total. The molecule has 0 radical (unpaired) electrons. The average molecular weight is 354 g/mol. The maximum atomic E-state index is 6.32. The molecule has 1 aliphatic carbocycles. The lowest BCUT2D eigenvalue weighted by Gasteiger charge is -2.53. The van der Waals surface area contributed by atoms with E-state index < -0.39 is 0 Å². The summed E-state index contributed by atoms with van der Waals surface area (Å²) < 4.78 is 7.51. The van der Waals surface area contributed by atoms with Crippen LogP contribution < -0.4 is 10.1 Å². The van der Waals surface area contributed by atoms with Crippen LogP contribution in [0.3, 0.4) is 0 Å². The average Bonchev–Trinajstić information content (AvgIpc) is 2.46. The van der Waals surface area contributed by atoms with Crippen LogP contribution in [0.4, 0.5) is 0 Å². The Morgan fingerprint density at radius 3 is 2.43 bits per heavy atom. The quantitative estimate of drug-likeness (QED) is 0.776. The number of hydrogen-bond acceptors (Lipinski definition) is 2. The predicted octanol–water partition coefficient (Wildman–Crippen LogP) is 5.00. The molecule has 3 unspecified atom stereocenters. The van der Waals surface area contributed by atoms with Crippen LogP contribution in [0.15, 0.2) is 16.6 Å². The van der Waals surface area contributed by atoms with Gasteiger partial charge in [0, 0.05) is 22.4 Å². The van der Waals surface area contributed by atoms with E-state index in [1.165, 1.54) is 22.0 Å². The van der Waals surface area contributed by atoms with Crippen molar-refractivity contribution in [1.29, 1.82) is 0 Å². The third-order valence-electron chi connectivity index (χ3n) is 5.07. The van der Waals surface area contributed by atoms with Gasteiger partial charge in [-0.2, -0.15) is 0 Å². The first-order valence-corrected chi connectivity index (χ1v) is 8.88. The van der Waals surface area contributed by atoms with E-state index >= 15 is 0 Å². The number of nitrogens with one attached hydrogen (secondary N) is 1. The van der Waals surface area contributed by atoms with Crippen LogP contribution in [0.5, 0.6) is 5.75 Å². The van der Waals surface area contributed by atoms with Gasteiger partial charge < -0.3 is 10.1 Å². The lowest BCUT2D eigenvalue weighted by atomic mass is 9.61. The summed E-state index contributed by atoms with van der Waals surface area (Å²) in [6.45, 7) is 12.2. The highest BCUT2D eigenvalue weighted by atomic mass is 79.9. The molecule has 0 aliphatic heterocycles. The molecule has 0 bridgehead atoms. The molecule has 3 heteroatoms. The molecule has 0 heterocycles. The van der Waals surface area contributed by atoms with Gasteiger partial charge in [-0.1, -0.05) is 36.7 Å². The second-order valence-corrected chi connectivity index (χ2v) is 7.37. The zero-order chi connectivity index (χ0) is 15.6. The van der Waals surface area contributed by atoms with Gasteiger partial charge >= 0.3 is 0 Å². The largest absolute Gasteiger partial charge is 0.490 e. The second kappa shape index (κ2) is 6.70. The number of rotatable bonds is 6. The van der Waals surface area contributed by atoms with Gasteiger partial charge in [0.05, 0.1) is 0 Å². The van der Waals surface area contributed by atoms with Gasteiger partial charge in [0.25, 0.3) is 0 Å². The Morgan fingerprint density at radius 1 is 1.29 bits per heavy atom. The maximum absolute atomic E-state index is 6.32. The van der Waals surface area contributed by atoms with Crippen molar-refractivity contribution < 1.29 is 4.74 Å². The monoisotopic (exact) mass is 353 g/mol. The molecule has 1 aromatic rings. The Bertz CT molecular complexity index is 479. The first-order valence-electron chi connectivity index (χ1n) is 8.09. The molecule has 21 heavy (non-hydrogen) atoms. The molecule has 0 saturated heterocycles. The van der Waals surface area contributed by atoms with E-state index in [4.69, 9.17) is 4.74 Å². The fourth-order valence-corrected chi connectivity index (χ4v) is 3.48. The minimum atomic E-state index is 0.240. The maximum Gasteiger partial charge on any atom is 0.120 e. The lowest BCUT2D eigenvalue weighted by Crippen LogP contribution is -2.63. The van der Waals surface area contributed by atoms with Crippen molar-refractivity contribution in [3.63, 3.8) is 0 Å². The highest BCUT2D eigenvalue weighted by molar-refractivity contribution is 9.10. The summed E-state index contributed by atoms with van der Waals surface area (Å²) in [4.78, 5) is 0. The van der Waals surface area contributed by atoms with Gasteiger partial charge in [-0.3, -0.25) is 0 Å². The van der Waals surface area contributed by atoms with E-state index in [0.29, 0.717) is 12.1 Å². The van der Waals surface area contributed by atoms with Gasteiger partial charge in [0.15, 0.2) is 0 Å². The van der Waals surface area contributed by atoms with Gasteiger partial charge in [0.1, 0.15) is 11.9 Å². The van der Waals surface area contributed by atoms with Crippen LogP contribution >= 0.6 is 15.9 Å². The Labute approximate surface area is 137 Å². The molecule has 0 aromatic heterocycles. The van der Waals surface area contributed by atoms with Crippen LogP contribution in [-0.4, -0.2) is 18.7 Å². The zero-order valence-corrected chi connectivity index (χ0v) is 15.5. The van der Waals surface area contributed by atoms with Gasteiger partial charge in [-0.25, -0.2) is 0 Å². The van der Waals surface area contributed by atoms with Crippen molar-refractivity contribution in [2.45, 2.75) is 66.0 Å². The van der Waals surface area contributed by atoms with Crippen molar-refractivity contribution in [2.24, 2.45) is 5.41 Å². The first kappa shape index (κ1) is 16.8. The highest BCUT2D eigenvalue weighted by Crippen LogP contribution is 2.46. The van der Waals surface area contributed by atoms with Crippen molar-refractivity contribution >= 4 is 15.9 Å². The van der Waals surface area contributed by atoms with Crippen LogP contribution in [-0.2, 0) is 0 Å². The van der Waals surface area contributed by atoms with E-state index in [1.807, 2.05) is 0 Å². The molecule has 1 fully saturated rings. The molecule has 2 nitrogen and oxygen atoms in total. The number of ether oxygens (including phenoxy) is 1. The van der Waals surface area contributed by atoms with Crippen LogP contribution in [0.25, 0.3) is 0 Å². The topological polar surface area (TPSA) is 21.3 Å². The summed E-state index contributed by atoms with van der Waals surface area (Å²) in [5, 5.41) is 3.67. The number of hydrogen-bond donors (Lipinski definition) is 1. The normalized spacial score (nSPS) is 28.3. The van der Waals surface area contributed by atoms with Crippen LogP contribution in [0.2, 0.25) is 0 Å². The molecule has 1 aliphatic rings. The smallest absolute Gasteiger partial charge is 0.120 e. The minimum Gasteiger partial charge on any atom is -0.490 e. The van der Waals surface area contributed by atoms with E-state index in [-0.39, 0.29) is 5.41 Å². The molecule has 3 atom stereocenters. The summed E-state index contributed by atoms with van der Waals surface area (Å²) in [6, 6.07) is 4.87. The van der Waals surface area contributed by atoms with E-state index in [0.717, 1.165) is 25.1 Å². The molecule has 0 amide bonds. The van der Waals surface area contributed by atoms with E-state index in [1.54, 1.807) is 0 Å². The van der Waals surface area contributed by atoms with Crippen molar-refractivity contribution in [1.82, 2.24) is 5.32 Å². The number of aryl methyl sites for hydroxylation is 2. The molecule has 2 rings (SSSR count). The predicted molar refractivity (Wildman–Crippen MR) is 93.1 cm³/mol. The Balaban J connectivity index is 2.07. The summed E-state index contributed by atoms with van der Waals surface area (Å²) in [7, 11) is 0. The van der Waals surface area contributed by atoms with E-state index in [9.17, 15) is 0 Å². The Hall–Kier alpha value is -0.540. The summed E-state index contributed by atoms with van der Waals surface area (Å²) in [6.07, 6.45) is 3.76. The van der Waals surface area contributed by atoms with Gasteiger partial charge in [-0.15, -0.1) is 0 Å². The Morgan fingerprint density at radius 2 is 1.90 bits per heavy atom. The zero-order valence-electron chi connectivity index (χ0n) is 13.9. The summed E-state index contributed by atoms with van der Waals surface area (Å²) >= 11 is 3.62. The summed E-state index contributed by atoms with van der Waals surface area (Å²) in [5.41, 5.74) is 2.72. The fourth-order valence-electron chi connectivity index (χ4n) is 3.25. The minimum absolute atomic E-state index is 0.240. The molecule has 1 aromatic carbocycles. The van der Waals surface area contributed by atoms with Crippen LogP contribution in [0.1, 0.15) is 51.2 Å². The molecular formula is C18H28BrNO. The summed E-state index contributed by atoms with van der Waals surface area (Å²) in [5.74, 6) is 1.01. The fraction of sp³-hybridized carbons (Fsp3) is 0.667. The van der Waals surface area contributed by atoms with Crippen molar-refractivity contribution in [3.8, 4) is 5.75 Å². The molecule has 0 spiro atoms. The van der Waals surface area contributed by atoms with Gasteiger partial charge in [-0.05, 0) is 56.5 Å². The SMILES string of the molecule is CCCNC1CC(Oc2cc(C)c(Br)c(C)c2)C1(C)CC. The molecule has 1 saturated carbocycles. The van der Waals surface area contributed by atoms with Crippen LogP contribution in [0, 0.1) is 19.3 Å². The third-order valence-corrected chi connectivity index (χ3v) is 6.32. The lowest BCUT2D eigenvalue weighted by molar-refractivity contribution is -0.0701. The van der Waals surface area contributed by atoms with Crippen molar-refractivity contribution in [3.05, 3.63) is 27.7 Å². The molecule has 118 valence electrons. The number of halogens is 1. The van der Waals surface area contributed by atoms with E-state index in [2.05, 4.69) is 68.0 Å². The second-order valence-electron chi connectivity index (χ2n) is 6.58. The molecular weight excluding hydrogens is 326 g/mol. The number of benzene rings is 1. The first-order chi connectivity index (χ1) is 9.92. The van der Waals surface area contributed by atoms with Crippen molar-refractivity contribution in [2.75, 3.05) is 6.54 Å². The Kier molecular flexibility index (Phi) is 5.37.